The lowest BCUT2D eigenvalue weighted by Gasteiger charge is -2.46. The van der Waals surface area contributed by atoms with Gasteiger partial charge in [0.1, 0.15) is 0 Å². The molecule has 2 rings (SSSR count). The molecule has 2 N–H and O–H groups in total. The molecule has 0 heterocycles. The number of aliphatic carboxylic acids is 2. The molecule has 0 aromatic heterocycles. The highest BCUT2D eigenvalue weighted by atomic mass is 16.4. The Labute approximate surface area is 126 Å². The molecule has 0 bridgehead atoms. The first-order valence-electron chi connectivity index (χ1n) is 8.28. The van der Waals surface area contributed by atoms with E-state index < -0.39 is 11.9 Å². The van der Waals surface area contributed by atoms with Crippen LogP contribution in [-0.4, -0.2) is 22.2 Å². The summed E-state index contributed by atoms with van der Waals surface area (Å²) in [7, 11) is 0. The van der Waals surface area contributed by atoms with Crippen LogP contribution in [-0.2, 0) is 9.59 Å². The van der Waals surface area contributed by atoms with Crippen LogP contribution in [0.3, 0.4) is 0 Å². The molecule has 0 saturated heterocycles. The molecule has 0 aliphatic heterocycles. The van der Waals surface area contributed by atoms with Gasteiger partial charge < -0.3 is 10.2 Å². The zero-order valence-electron chi connectivity index (χ0n) is 13.2. The van der Waals surface area contributed by atoms with Crippen molar-refractivity contribution in [2.24, 2.45) is 29.1 Å². The average molecular weight is 296 g/mol. The van der Waals surface area contributed by atoms with Crippen molar-refractivity contribution in [1.82, 2.24) is 0 Å². The van der Waals surface area contributed by atoms with Crippen LogP contribution < -0.4 is 0 Å². The van der Waals surface area contributed by atoms with Gasteiger partial charge in [0.25, 0.3) is 0 Å². The van der Waals surface area contributed by atoms with Crippen molar-refractivity contribution in [1.29, 1.82) is 0 Å². The molecule has 0 spiro atoms. The highest BCUT2D eigenvalue weighted by Gasteiger charge is 2.43. The van der Waals surface area contributed by atoms with Crippen LogP contribution in [0, 0.1) is 29.1 Å². The van der Waals surface area contributed by atoms with Crippen molar-refractivity contribution in [2.45, 2.75) is 65.2 Å². The van der Waals surface area contributed by atoms with Crippen LogP contribution in [0.2, 0.25) is 0 Å². The zero-order valence-corrected chi connectivity index (χ0v) is 13.2. The SMILES string of the molecule is CC(C)(C1CCCC(C(=O)O)C1)C1CCCC(C(=O)O)C1. The Morgan fingerprint density at radius 3 is 1.52 bits per heavy atom. The summed E-state index contributed by atoms with van der Waals surface area (Å²) in [5.41, 5.74) is 0.0439. The van der Waals surface area contributed by atoms with Crippen molar-refractivity contribution in [3.63, 3.8) is 0 Å². The largest absolute Gasteiger partial charge is 0.481 e. The maximum atomic E-state index is 11.3. The molecule has 4 unspecified atom stereocenters. The molecule has 2 saturated carbocycles. The van der Waals surface area contributed by atoms with Crippen LogP contribution in [0.4, 0.5) is 0 Å². The molecule has 2 aliphatic rings. The lowest BCUT2D eigenvalue weighted by molar-refractivity contribution is -0.144. The third-order valence-corrected chi connectivity index (χ3v) is 6.15. The second-order valence-corrected chi connectivity index (χ2v) is 7.62. The molecule has 120 valence electrons. The van der Waals surface area contributed by atoms with Crippen molar-refractivity contribution in [3.8, 4) is 0 Å². The van der Waals surface area contributed by atoms with E-state index in [2.05, 4.69) is 13.8 Å². The summed E-state index contributed by atoms with van der Waals surface area (Å²) < 4.78 is 0. The van der Waals surface area contributed by atoms with E-state index in [9.17, 15) is 19.8 Å². The number of carboxylic acid groups (broad SMARTS) is 2. The Balaban J connectivity index is 2.05. The zero-order chi connectivity index (χ0) is 15.6. The van der Waals surface area contributed by atoms with E-state index in [0.717, 1.165) is 51.4 Å². The molecule has 21 heavy (non-hydrogen) atoms. The number of hydrogen-bond acceptors (Lipinski definition) is 2. The minimum atomic E-state index is -0.664. The van der Waals surface area contributed by atoms with Gasteiger partial charge in [-0.05, 0) is 55.8 Å². The van der Waals surface area contributed by atoms with Crippen LogP contribution in [0.5, 0.6) is 0 Å². The third-order valence-electron chi connectivity index (χ3n) is 6.15. The normalized spacial score (nSPS) is 34.4. The fourth-order valence-corrected chi connectivity index (χ4v) is 4.51. The van der Waals surface area contributed by atoms with E-state index in [0.29, 0.717) is 11.8 Å². The van der Waals surface area contributed by atoms with Crippen molar-refractivity contribution in [2.75, 3.05) is 0 Å². The van der Waals surface area contributed by atoms with E-state index in [1.54, 1.807) is 0 Å². The summed E-state index contributed by atoms with van der Waals surface area (Å²) in [6.45, 7) is 4.47. The second kappa shape index (κ2) is 6.37. The molecule has 0 aromatic carbocycles. The Hall–Kier alpha value is -1.06. The van der Waals surface area contributed by atoms with E-state index in [4.69, 9.17) is 0 Å². The molecule has 4 heteroatoms. The Morgan fingerprint density at radius 1 is 0.810 bits per heavy atom. The maximum absolute atomic E-state index is 11.3. The topological polar surface area (TPSA) is 74.6 Å². The highest BCUT2D eigenvalue weighted by Crippen LogP contribution is 2.50. The van der Waals surface area contributed by atoms with Crippen molar-refractivity contribution >= 4 is 11.9 Å². The van der Waals surface area contributed by atoms with E-state index >= 15 is 0 Å². The standard InChI is InChI=1S/C17H28O4/c1-17(2,13-7-3-5-11(9-13)15(18)19)14-8-4-6-12(10-14)16(20)21/h11-14H,3-10H2,1-2H3,(H,18,19)(H,20,21). The molecule has 4 nitrogen and oxygen atoms in total. The van der Waals surface area contributed by atoms with Gasteiger partial charge in [-0.3, -0.25) is 9.59 Å². The monoisotopic (exact) mass is 296 g/mol. The van der Waals surface area contributed by atoms with Gasteiger partial charge in [0.05, 0.1) is 11.8 Å². The quantitative estimate of drug-likeness (QED) is 0.827. The minimum Gasteiger partial charge on any atom is -0.481 e. The van der Waals surface area contributed by atoms with Crippen LogP contribution in [0.15, 0.2) is 0 Å². The molecular weight excluding hydrogens is 268 g/mol. The van der Waals surface area contributed by atoms with Gasteiger partial charge in [-0.1, -0.05) is 26.7 Å². The first kappa shape index (κ1) is 16.3. The molecule has 0 radical (unpaired) electrons. The molecule has 0 amide bonds. The lowest BCUT2D eigenvalue weighted by Crippen LogP contribution is -2.40. The van der Waals surface area contributed by atoms with Gasteiger partial charge in [0, 0.05) is 0 Å². The summed E-state index contributed by atoms with van der Waals surface area (Å²) in [4.78, 5) is 22.5. The van der Waals surface area contributed by atoms with Crippen molar-refractivity contribution in [3.05, 3.63) is 0 Å². The smallest absolute Gasteiger partial charge is 0.306 e. The van der Waals surface area contributed by atoms with Gasteiger partial charge in [0.2, 0.25) is 0 Å². The van der Waals surface area contributed by atoms with Gasteiger partial charge in [0.15, 0.2) is 0 Å². The molecule has 4 atom stereocenters. The van der Waals surface area contributed by atoms with Crippen LogP contribution >= 0.6 is 0 Å². The summed E-state index contributed by atoms with van der Waals surface area (Å²) in [6.07, 6.45) is 7.26. The Bertz CT molecular complexity index is 366. The molecule has 2 fully saturated rings. The van der Waals surface area contributed by atoms with Crippen molar-refractivity contribution < 1.29 is 19.8 Å². The first-order valence-corrected chi connectivity index (χ1v) is 8.28. The second-order valence-electron chi connectivity index (χ2n) is 7.62. The highest BCUT2D eigenvalue weighted by molar-refractivity contribution is 5.70. The summed E-state index contributed by atoms with van der Waals surface area (Å²) in [6, 6.07) is 0. The van der Waals surface area contributed by atoms with E-state index in [1.165, 1.54) is 0 Å². The molecule has 0 aromatic rings. The Morgan fingerprint density at radius 2 is 1.19 bits per heavy atom. The predicted molar refractivity (Wildman–Crippen MR) is 79.9 cm³/mol. The number of rotatable bonds is 4. The van der Waals surface area contributed by atoms with E-state index in [-0.39, 0.29) is 17.3 Å². The number of hydrogen-bond donors (Lipinski definition) is 2. The molecule has 2 aliphatic carbocycles. The van der Waals surface area contributed by atoms with Gasteiger partial charge in [-0.2, -0.15) is 0 Å². The maximum Gasteiger partial charge on any atom is 0.306 e. The predicted octanol–water partition coefficient (Wildman–Crippen LogP) is 3.79. The summed E-state index contributed by atoms with van der Waals surface area (Å²) in [5.74, 6) is -0.927. The summed E-state index contributed by atoms with van der Waals surface area (Å²) >= 11 is 0. The minimum absolute atomic E-state index is 0.0439. The average Bonchev–Trinajstić information content (AvgIpc) is 2.47. The molecular formula is C17H28O4. The first-order chi connectivity index (χ1) is 9.82. The lowest BCUT2D eigenvalue weighted by atomic mass is 9.58. The van der Waals surface area contributed by atoms with Crippen LogP contribution in [0.1, 0.15) is 65.2 Å². The van der Waals surface area contributed by atoms with Gasteiger partial charge in [-0.25, -0.2) is 0 Å². The third kappa shape index (κ3) is 3.58. The van der Waals surface area contributed by atoms with Gasteiger partial charge in [-0.15, -0.1) is 0 Å². The fraction of sp³-hybridized carbons (Fsp3) is 0.882. The summed E-state index contributed by atoms with van der Waals surface area (Å²) in [5, 5.41) is 18.5. The fourth-order valence-electron chi connectivity index (χ4n) is 4.51. The Kier molecular flexibility index (Phi) is 4.95. The van der Waals surface area contributed by atoms with Gasteiger partial charge >= 0.3 is 11.9 Å². The number of carboxylic acids is 2. The van der Waals surface area contributed by atoms with E-state index in [1.807, 2.05) is 0 Å². The number of carbonyl (C=O) groups is 2. The van der Waals surface area contributed by atoms with Crippen LogP contribution in [0.25, 0.3) is 0 Å².